The monoisotopic (exact) mass is 801 g/mol. The van der Waals surface area contributed by atoms with Crippen molar-refractivity contribution in [2.45, 2.75) is 85.0 Å². The first-order valence-electron chi connectivity index (χ1n) is 18.7. The summed E-state index contributed by atoms with van der Waals surface area (Å²) in [4.78, 5) is 34.0. The second-order valence-electron chi connectivity index (χ2n) is 12.7. The van der Waals surface area contributed by atoms with Gasteiger partial charge in [0.25, 0.3) is 10.1 Å². The van der Waals surface area contributed by atoms with E-state index in [1.165, 1.54) is 29.4 Å². The highest BCUT2D eigenvalue weighted by Crippen LogP contribution is 2.28. The van der Waals surface area contributed by atoms with Crippen molar-refractivity contribution in [1.29, 1.82) is 0 Å². The summed E-state index contributed by atoms with van der Waals surface area (Å²) in [6.45, 7) is 9.26. The zero-order chi connectivity index (χ0) is 41.6. The number of esters is 3. The second kappa shape index (κ2) is 29.8. The fourth-order valence-corrected chi connectivity index (χ4v) is 5.05. The van der Waals surface area contributed by atoms with Gasteiger partial charge in [-0.2, -0.15) is 0 Å². The van der Waals surface area contributed by atoms with Crippen molar-refractivity contribution < 1.29 is 60.6 Å². The Morgan fingerprint density at radius 1 is 0.804 bits per heavy atom. The molecule has 0 N–H and O–H groups in total. The molecule has 2 unspecified atom stereocenters. The van der Waals surface area contributed by atoms with Gasteiger partial charge in [0.05, 0.1) is 38.8 Å². The predicted octanol–water partition coefficient (Wildman–Crippen LogP) is 6.04. The van der Waals surface area contributed by atoms with Crippen LogP contribution in [0.5, 0.6) is 0 Å². The zero-order valence-corrected chi connectivity index (χ0v) is 34.3. The van der Waals surface area contributed by atoms with E-state index < -0.39 is 10.1 Å². The quantitative estimate of drug-likeness (QED) is 0.0308. The van der Waals surface area contributed by atoms with Crippen LogP contribution < -0.4 is 9.82 Å². The first-order valence-corrected chi connectivity index (χ1v) is 20.6. The fraction of sp³-hybridized carbons (Fsp3) is 0.476. The Morgan fingerprint density at radius 2 is 1.27 bits per heavy atom. The SMILES string of the molecule is C/C=C\C(=O)OCCC(CCCOC(=O)/C=C/C)CCCOC(=O)/C=C/C.CCC1CCOC(c2ccc(C=Cc3cc[n+](C)cc3)cc2)O1.CS(=O)(=O)O[O-]. The summed E-state index contributed by atoms with van der Waals surface area (Å²) in [6.07, 6.45) is 24.1. The van der Waals surface area contributed by atoms with E-state index in [9.17, 15) is 22.8 Å². The van der Waals surface area contributed by atoms with Crippen LogP contribution in [0.1, 0.15) is 95.6 Å². The molecule has 2 atom stereocenters. The number of hydrogen-bond acceptors (Lipinski definition) is 12. The first-order chi connectivity index (χ1) is 26.8. The molecule has 310 valence electrons. The summed E-state index contributed by atoms with van der Waals surface area (Å²) < 4.78 is 50.7. The Kier molecular flexibility index (Phi) is 26.3. The third-order valence-electron chi connectivity index (χ3n) is 7.97. The van der Waals surface area contributed by atoms with Gasteiger partial charge in [0, 0.05) is 35.9 Å². The minimum atomic E-state index is -3.72. The normalized spacial score (nSPS) is 15.7. The van der Waals surface area contributed by atoms with Crippen LogP contribution in [0, 0.1) is 5.92 Å². The molecule has 1 aliphatic heterocycles. The summed E-state index contributed by atoms with van der Waals surface area (Å²) >= 11 is 0. The number of carbonyl (C=O) groups excluding carboxylic acids is 3. The molecule has 0 spiro atoms. The van der Waals surface area contributed by atoms with Gasteiger partial charge in [0.2, 0.25) is 0 Å². The van der Waals surface area contributed by atoms with Gasteiger partial charge in [-0.3, -0.25) is 0 Å². The molecular formula is C42H59NO12S. The molecule has 0 aliphatic carbocycles. The highest BCUT2D eigenvalue weighted by atomic mass is 32.2. The summed E-state index contributed by atoms with van der Waals surface area (Å²) in [7, 11) is -1.70. The Labute approximate surface area is 332 Å². The summed E-state index contributed by atoms with van der Waals surface area (Å²) in [5.74, 6) is -0.739. The number of aromatic nitrogens is 1. The number of rotatable bonds is 19. The molecule has 0 saturated carbocycles. The largest absolute Gasteiger partial charge is 0.707 e. The Morgan fingerprint density at radius 3 is 1.71 bits per heavy atom. The summed E-state index contributed by atoms with van der Waals surface area (Å²) in [6, 6.07) is 12.6. The third-order valence-corrected chi connectivity index (χ3v) is 8.21. The fourth-order valence-electron chi connectivity index (χ4n) is 5.05. The molecule has 1 aromatic heterocycles. The van der Waals surface area contributed by atoms with Gasteiger partial charge in [-0.25, -0.2) is 27.4 Å². The summed E-state index contributed by atoms with van der Waals surface area (Å²) in [5, 5.41) is 8.86. The van der Waals surface area contributed by atoms with Crippen molar-refractivity contribution >= 4 is 40.2 Å². The van der Waals surface area contributed by atoms with Crippen LogP contribution in [0.3, 0.4) is 0 Å². The van der Waals surface area contributed by atoms with Gasteiger partial charge >= 0.3 is 17.9 Å². The van der Waals surface area contributed by atoms with Crippen molar-refractivity contribution in [3.63, 3.8) is 0 Å². The van der Waals surface area contributed by atoms with Gasteiger partial charge in [-0.05, 0) is 82.8 Å². The van der Waals surface area contributed by atoms with Crippen molar-refractivity contribution in [2.24, 2.45) is 13.0 Å². The number of allylic oxidation sites excluding steroid dienone is 3. The van der Waals surface area contributed by atoms with E-state index in [0.717, 1.165) is 57.1 Å². The van der Waals surface area contributed by atoms with Crippen LogP contribution in [-0.2, 0) is 59.6 Å². The Hall–Kier alpha value is -4.47. The molecule has 1 aliphatic rings. The van der Waals surface area contributed by atoms with E-state index in [1.807, 2.05) is 24.0 Å². The van der Waals surface area contributed by atoms with Crippen molar-refractivity contribution in [2.75, 3.05) is 32.7 Å². The number of ether oxygens (including phenoxy) is 5. The van der Waals surface area contributed by atoms with Gasteiger partial charge in [0.1, 0.15) is 7.05 Å². The number of carbonyl (C=O) groups is 3. The van der Waals surface area contributed by atoms with Gasteiger partial charge in [0.15, 0.2) is 18.7 Å². The maximum atomic E-state index is 11.4. The van der Waals surface area contributed by atoms with E-state index in [2.05, 4.69) is 59.8 Å². The Balaban J connectivity index is 0.000000491. The van der Waals surface area contributed by atoms with E-state index in [1.54, 1.807) is 39.0 Å². The Bertz CT molecular complexity index is 1600. The minimum Gasteiger partial charge on any atom is -0.707 e. The topological polar surface area (TPSA) is 168 Å². The average Bonchev–Trinajstić information content (AvgIpc) is 3.18. The van der Waals surface area contributed by atoms with Crippen LogP contribution in [0.2, 0.25) is 0 Å². The minimum absolute atomic E-state index is 0.221. The van der Waals surface area contributed by atoms with Crippen molar-refractivity contribution in [3.8, 4) is 0 Å². The number of hydrogen-bond donors (Lipinski definition) is 0. The highest BCUT2D eigenvalue weighted by molar-refractivity contribution is 7.85. The van der Waals surface area contributed by atoms with Crippen LogP contribution in [0.25, 0.3) is 12.2 Å². The van der Waals surface area contributed by atoms with Crippen LogP contribution in [-0.4, -0.2) is 65.1 Å². The molecule has 2 heterocycles. The number of nitrogens with zero attached hydrogens (tertiary/aromatic N) is 1. The molecule has 1 aromatic carbocycles. The standard InChI is InChI=1S/C21H32O6.C20H24NO2.CH4O4S/c1-4-9-19(22)25-15-7-12-18(14-17-27-21(24)11-6-3)13-8-16-26-20(23)10-5-2;1-3-19-12-15-22-20(23-19)18-8-6-16(7-9-18)4-5-17-10-13-21(2)14-11-17;1-6(3,4)5-2/h4-6,9-11,18H,7-8,12-17H2,1-3H3;4-11,13-14,19-20H,3,12,15H2,1-2H3;2H,1H3/q;+1;/p-1/b9-4+,10-5+,11-6-;;. The lowest BCUT2D eigenvalue weighted by molar-refractivity contribution is -0.671. The van der Waals surface area contributed by atoms with E-state index >= 15 is 0 Å². The average molecular weight is 802 g/mol. The van der Waals surface area contributed by atoms with Crippen molar-refractivity contribution in [1.82, 2.24) is 0 Å². The number of benzene rings is 1. The molecule has 13 nitrogen and oxygen atoms in total. The van der Waals surface area contributed by atoms with Gasteiger partial charge < -0.3 is 33.3 Å². The van der Waals surface area contributed by atoms with Crippen molar-refractivity contribution in [3.05, 3.63) is 102 Å². The van der Waals surface area contributed by atoms with E-state index in [0.29, 0.717) is 38.1 Å². The van der Waals surface area contributed by atoms with Crippen LogP contribution >= 0.6 is 0 Å². The molecular weight excluding hydrogens is 743 g/mol. The molecule has 0 radical (unpaired) electrons. The zero-order valence-electron chi connectivity index (χ0n) is 33.5. The first kappa shape index (κ1) is 49.5. The molecule has 56 heavy (non-hydrogen) atoms. The molecule has 0 amide bonds. The number of pyridine rings is 1. The van der Waals surface area contributed by atoms with Gasteiger partial charge in [-0.1, -0.05) is 61.6 Å². The van der Waals surface area contributed by atoms with Crippen LogP contribution in [0.4, 0.5) is 0 Å². The maximum absolute atomic E-state index is 11.4. The van der Waals surface area contributed by atoms with E-state index in [-0.39, 0.29) is 24.2 Å². The lowest BCUT2D eigenvalue weighted by Crippen LogP contribution is -2.26. The molecule has 2 aromatic rings. The van der Waals surface area contributed by atoms with E-state index in [4.69, 9.17) is 28.9 Å². The smallest absolute Gasteiger partial charge is 0.330 e. The van der Waals surface area contributed by atoms with Gasteiger partial charge in [-0.15, -0.1) is 0 Å². The molecule has 3 rings (SSSR count). The maximum Gasteiger partial charge on any atom is 0.330 e. The van der Waals surface area contributed by atoms with Crippen LogP contribution in [0.15, 0.2) is 85.2 Å². The lowest BCUT2D eigenvalue weighted by Gasteiger charge is -2.29. The highest BCUT2D eigenvalue weighted by Gasteiger charge is 2.22. The molecule has 14 heteroatoms. The molecule has 0 bridgehead atoms. The second-order valence-corrected chi connectivity index (χ2v) is 14.2. The predicted molar refractivity (Wildman–Crippen MR) is 211 cm³/mol. The molecule has 1 saturated heterocycles. The lowest BCUT2D eigenvalue weighted by atomic mass is 9.95. The summed E-state index contributed by atoms with van der Waals surface area (Å²) in [5.41, 5.74) is 3.45. The molecule has 1 fully saturated rings. The number of aryl methyl sites for hydroxylation is 1. The third kappa shape index (κ3) is 24.8.